The SMILES string of the molecule is C=C1C=Cc2cc(NC(=O)NCCc3ccc(O)cc3)ccc2O1. The van der Waals surface area contributed by atoms with Gasteiger partial charge >= 0.3 is 6.03 Å². The molecule has 0 spiro atoms. The van der Waals surface area contributed by atoms with Gasteiger partial charge in [-0.2, -0.15) is 0 Å². The van der Waals surface area contributed by atoms with Gasteiger partial charge in [-0.05, 0) is 54.5 Å². The highest BCUT2D eigenvalue weighted by Crippen LogP contribution is 2.29. The van der Waals surface area contributed by atoms with Gasteiger partial charge in [0.05, 0.1) is 0 Å². The van der Waals surface area contributed by atoms with Gasteiger partial charge in [-0.25, -0.2) is 4.79 Å². The third kappa shape index (κ3) is 3.95. The number of hydrogen-bond donors (Lipinski definition) is 3. The molecule has 122 valence electrons. The number of carbonyl (C=O) groups is 1. The van der Waals surface area contributed by atoms with E-state index in [0.29, 0.717) is 24.4 Å². The summed E-state index contributed by atoms with van der Waals surface area (Å²) in [4.78, 5) is 12.0. The van der Waals surface area contributed by atoms with E-state index in [0.717, 1.165) is 16.9 Å². The number of ether oxygens (including phenoxy) is 1. The summed E-state index contributed by atoms with van der Waals surface area (Å²) in [7, 11) is 0. The van der Waals surface area contributed by atoms with Gasteiger partial charge in [0.2, 0.25) is 0 Å². The van der Waals surface area contributed by atoms with Crippen LogP contribution >= 0.6 is 0 Å². The number of aromatic hydroxyl groups is 1. The molecule has 0 saturated carbocycles. The fraction of sp³-hybridized carbons (Fsp3) is 0.105. The number of allylic oxidation sites excluding steroid dienone is 1. The molecule has 0 bridgehead atoms. The van der Waals surface area contributed by atoms with E-state index in [1.165, 1.54) is 0 Å². The van der Waals surface area contributed by atoms with Crippen LogP contribution in [0.3, 0.4) is 0 Å². The molecule has 5 heteroatoms. The monoisotopic (exact) mass is 322 g/mol. The van der Waals surface area contributed by atoms with Crippen molar-refractivity contribution in [2.75, 3.05) is 11.9 Å². The molecule has 0 aromatic heterocycles. The normalized spacial score (nSPS) is 12.2. The molecule has 0 atom stereocenters. The summed E-state index contributed by atoms with van der Waals surface area (Å²) < 4.78 is 5.49. The quantitative estimate of drug-likeness (QED) is 0.804. The lowest BCUT2D eigenvalue weighted by molar-refractivity contribution is 0.252. The molecule has 3 rings (SSSR count). The zero-order valence-corrected chi connectivity index (χ0v) is 13.1. The van der Waals surface area contributed by atoms with Crippen LogP contribution in [0.15, 0.2) is 60.9 Å². The predicted molar refractivity (Wildman–Crippen MR) is 94.1 cm³/mol. The molecular weight excluding hydrogens is 304 g/mol. The number of amides is 2. The van der Waals surface area contributed by atoms with Gasteiger partial charge in [0.25, 0.3) is 0 Å². The summed E-state index contributed by atoms with van der Waals surface area (Å²) in [6, 6.07) is 12.1. The van der Waals surface area contributed by atoms with Crippen LogP contribution in [0.1, 0.15) is 11.1 Å². The lowest BCUT2D eigenvalue weighted by Crippen LogP contribution is -2.30. The molecular formula is C19H18N2O3. The van der Waals surface area contributed by atoms with Gasteiger partial charge in [-0.1, -0.05) is 18.7 Å². The molecule has 2 aromatic carbocycles. The van der Waals surface area contributed by atoms with Gasteiger partial charge in [0, 0.05) is 17.8 Å². The number of anilines is 1. The number of fused-ring (bicyclic) bond motifs is 1. The molecule has 5 nitrogen and oxygen atoms in total. The third-order valence-electron chi connectivity index (χ3n) is 3.59. The van der Waals surface area contributed by atoms with Gasteiger partial charge < -0.3 is 20.5 Å². The highest BCUT2D eigenvalue weighted by Gasteiger charge is 2.09. The second-order valence-electron chi connectivity index (χ2n) is 5.45. The minimum atomic E-state index is -0.265. The van der Waals surface area contributed by atoms with E-state index in [-0.39, 0.29) is 11.8 Å². The van der Waals surface area contributed by atoms with E-state index >= 15 is 0 Å². The fourth-order valence-corrected chi connectivity index (χ4v) is 2.37. The van der Waals surface area contributed by atoms with Gasteiger partial charge in [-0.15, -0.1) is 0 Å². The maximum absolute atomic E-state index is 12.0. The Morgan fingerprint density at radius 1 is 1.12 bits per heavy atom. The minimum absolute atomic E-state index is 0.235. The summed E-state index contributed by atoms with van der Waals surface area (Å²) in [5.41, 5.74) is 2.63. The summed E-state index contributed by atoms with van der Waals surface area (Å²) >= 11 is 0. The second kappa shape index (κ2) is 6.91. The first-order chi connectivity index (χ1) is 11.6. The molecule has 3 N–H and O–H groups in total. The van der Waals surface area contributed by atoms with E-state index in [2.05, 4.69) is 17.2 Å². The standard InChI is InChI=1S/C19H18N2O3/c1-13-2-5-15-12-16(6-9-18(15)24-13)21-19(23)20-11-10-14-3-7-17(22)8-4-14/h2-9,12,22H,1,10-11H2,(H2,20,21,23). The van der Waals surface area contributed by atoms with Crippen LogP contribution in [0.5, 0.6) is 11.5 Å². The Morgan fingerprint density at radius 2 is 1.92 bits per heavy atom. The molecule has 1 aliphatic rings. The Morgan fingerprint density at radius 3 is 2.71 bits per heavy atom. The Bertz CT molecular complexity index is 795. The van der Waals surface area contributed by atoms with Crippen LogP contribution in [0.25, 0.3) is 6.08 Å². The molecule has 0 unspecified atom stereocenters. The minimum Gasteiger partial charge on any atom is -0.508 e. The van der Waals surface area contributed by atoms with Crippen molar-refractivity contribution in [1.29, 1.82) is 0 Å². The average Bonchev–Trinajstić information content (AvgIpc) is 2.57. The molecule has 0 radical (unpaired) electrons. The van der Waals surface area contributed by atoms with Crippen molar-refractivity contribution >= 4 is 17.8 Å². The molecule has 24 heavy (non-hydrogen) atoms. The summed E-state index contributed by atoms with van der Waals surface area (Å²) in [6.07, 6.45) is 4.37. The van der Waals surface area contributed by atoms with Crippen molar-refractivity contribution in [2.24, 2.45) is 0 Å². The van der Waals surface area contributed by atoms with Crippen molar-refractivity contribution in [3.05, 3.63) is 72.0 Å². The number of phenolic OH excluding ortho intramolecular Hbond substituents is 1. The summed E-state index contributed by atoms with van der Waals surface area (Å²) in [5, 5.41) is 14.8. The van der Waals surface area contributed by atoms with Crippen LogP contribution < -0.4 is 15.4 Å². The smallest absolute Gasteiger partial charge is 0.319 e. The summed E-state index contributed by atoms with van der Waals surface area (Å²) in [6.45, 7) is 4.25. The fourth-order valence-electron chi connectivity index (χ4n) is 2.37. The summed E-state index contributed by atoms with van der Waals surface area (Å²) in [5.74, 6) is 1.55. The molecule has 0 aliphatic carbocycles. The molecule has 1 heterocycles. The Hall–Kier alpha value is -3.21. The molecule has 1 aliphatic heterocycles. The Labute approximate surface area is 140 Å². The van der Waals surface area contributed by atoms with Crippen molar-refractivity contribution in [3.63, 3.8) is 0 Å². The van der Waals surface area contributed by atoms with E-state index < -0.39 is 0 Å². The Kier molecular flexibility index (Phi) is 4.52. The molecule has 0 saturated heterocycles. The topological polar surface area (TPSA) is 70.6 Å². The van der Waals surface area contributed by atoms with Crippen LogP contribution in [-0.4, -0.2) is 17.7 Å². The van der Waals surface area contributed by atoms with Crippen molar-refractivity contribution in [3.8, 4) is 11.5 Å². The van der Waals surface area contributed by atoms with E-state index in [1.54, 1.807) is 30.3 Å². The second-order valence-corrected chi connectivity index (χ2v) is 5.45. The van der Waals surface area contributed by atoms with Crippen molar-refractivity contribution in [1.82, 2.24) is 5.32 Å². The molecule has 0 fully saturated rings. The molecule has 2 aromatic rings. The number of benzene rings is 2. The van der Waals surface area contributed by atoms with Crippen molar-refractivity contribution in [2.45, 2.75) is 6.42 Å². The van der Waals surface area contributed by atoms with Gasteiger partial charge in [0.15, 0.2) is 0 Å². The number of carbonyl (C=O) groups excluding carboxylic acids is 1. The Balaban J connectivity index is 1.51. The maximum Gasteiger partial charge on any atom is 0.319 e. The average molecular weight is 322 g/mol. The van der Waals surface area contributed by atoms with E-state index in [9.17, 15) is 9.90 Å². The predicted octanol–water partition coefficient (Wildman–Crippen LogP) is 3.68. The highest BCUT2D eigenvalue weighted by atomic mass is 16.5. The van der Waals surface area contributed by atoms with Crippen LogP contribution in [-0.2, 0) is 6.42 Å². The molecule has 2 amide bonds. The lowest BCUT2D eigenvalue weighted by atomic mass is 10.1. The number of hydrogen-bond acceptors (Lipinski definition) is 3. The number of phenols is 1. The zero-order valence-electron chi connectivity index (χ0n) is 13.1. The van der Waals surface area contributed by atoms with E-state index in [1.807, 2.05) is 24.3 Å². The van der Waals surface area contributed by atoms with Gasteiger partial charge in [0.1, 0.15) is 17.3 Å². The van der Waals surface area contributed by atoms with Crippen LogP contribution in [0.2, 0.25) is 0 Å². The van der Waals surface area contributed by atoms with Crippen LogP contribution in [0, 0.1) is 0 Å². The van der Waals surface area contributed by atoms with Crippen LogP contribution in [0.4, 0.5) is 10.5 Å². The third-order valence-corrected chi connectivity index (χ3v) is 3.59. The van der Waals surface area contributed by atoms with Crippen molar-refractivity contribution < 1.29 is 14.6 Å². The first kappa shape index (κ1) is 15.7. The first-order valence-electron chi connectivity index (χ1n) is 7.62. The largest absolute Gasteiger partial charge is 0.508 e. The lowest BCUT2D eigenvalue weighted by Gasteiger charge is -2.15. The number of urea groups is 1. The van der Waals surface area contributed by atoms with Gasteiger partial charge in [-0.3, -0.25) is 0 Å². The highest BCUT2D eigenvalue weighted by molar-refractivity contribution is 5.90. The van der Waals surface area contributed by atoms with E-state index in [4.69, 9.17) is 4.74 Å². The number of rotatable bonds is 4. The zero-order chi connectivity index (χ0) is 16.9. The maximum atomic E-state index is 12.0. The number of nitrogens with one attached hydrogen (secondary N) is 2. The first-order valence-corrected chi connectivity index (χ1v) is 7.62.